The zero-order valence-electron chi connectivity index (χ0n) is 15.9. The molecule has 0 saturated carbocycles. The van der Waals surface area contributed by atoms with Crippen LogP contribution in [-0.2, 0) is 21.5 Å². The van der Waals surface area contributed by atoms with E-state index in [1.807, 2.05) is 30.3 Å². The number of imide groups is 1. The predicted octanol–water partition coefficient (Wildman–Crippen LogP) is 2.67. The Hall–Kier alpha value is -3.66. The van der Waals surface area contributed by atoms with E-state index >= 15 is 0 Å². The molecule has 2 atom stereocenters. The van der Waals surface area contributed by atoms with Gasteiger partial charge in [-0.3, -0.25) is 9.59 Å². The van der Waals surface area contributed by atoms with Gasteiger partial charge >= 0.3 is 6.03 Å². The molecule has 1 heterocycles. The van der Waals surface area contributed by atoms with Crippen LogP contribution in [0, 0.1) is 11.3 Å². The minimum absolute atomic E-state index is 0.400. The van der Waals surface area contributed by atoms with Crippen LogP contribution in [0.25, 0.3) is 0 Å². The number of rotatable bonds is 3. The summed E-state index contributed by atoms with van der Waals surface area (Å²) in [5, 5.41) is 14.5. The van der Waals surface area contributed by atoms with E-state index in [-0.39, 0.29) is 0 Å². The van der Waals surface area contributed by atoms with Gasteiger partial charge in [0.25, 0.3) is 5.91 Å². The molecule has 4 amide bonds. The van der Waals surface area contributed by atoms with Gasteiger partial charge in [0.1, 0.15) is 11.6 Å². The van der Waals surface area contributed by atoms with E-state index in [0.29, 0.717) is 17.7 Å². The summed E-state index contributed by atoms with van der Waals surface area (Å²) in [4.78, 5) is 39.9. The standard InChI is InChI=1S/C22H20N4O3/c1-14(19(27)24-17-9-4-6-15(12-17)13-23)26-20(28)22(25-21(26)29)11-5-8-16-7-2-3-10-18(16)22/h2-4,6-7,9-10,12,14H,5,8,11H2,1H3,(H,24,27)(H,25,29)/t14-,22+/m1/s1. The molecule has 1 fully saturated rings. The molecule has 7 heteroatoms. The Kier molecular flexibility index (Phi) is 4.55. The molecule has 0 bridgehead atoms. The van der Waals surface area contributed by atoms with E-state index in [1.54, 1.807) is 18.2 Å². The number of carbonyl (C=O) groups is 3. The number of hydrogen-bond acceptors (Lipinski definition) is 4. The normalized spacial score (nSPS) is 21.3. The van der Waals surface area contributed by atoms with Gasteiger partial charge in [-0.2, -0.15) is 5.26 Å². The second-order valence-electron chi connectivity index (χ2n) is 7.38. The molecular weight excluding hydrogens is 368 g/mol. The lowest BCUT2D eigenvalue weighted by molar-refractivity contribution is -0.137. The lowest BCUT2D eigenvalue weighted by Crippen LogP contribution is -2.49. The molecule has 2 aromatic rings. The van der Waals surface area contributed by atoms with Gasteiger partial charge in [-0.05, 0) is 55.5 Å². The highest BCUT2D eigenvalue weighted by Gasteiger charge is 2.55. The number of fused-ring (bicyclic) bond motifs is 2. The van der Waals surface area contributed by atoms with E-state index < -0.39 is 29.4 Å². The Morgan fingerprint density at radius 3 is 2.83 bits per heavy atom. The quantitative estimate of drug-likeness (QED) is 0.789. The summed E-state index contributed by atoms with van der Waals surface area (Å²) in [5.74, 6) is -0.896. The van der Waals surface area contributed by atoms with Gasteiger partial charge in [0.15, 0.2) is 0 Å². The minimum atomic E-state index is -1.11. The lowest BCUT2D eigenvalue weighted by Gasteiger charge is -2.33. The number of benzene rings is 2. The molecule has 29 heavy (non-hydrogen) atoms. The first-order chi connectivity index (χ1) is 14.0. The molecule has 0 aromatic heterocycles. The van der Waals surface area contributed by atoms with Gasteiger partial charge in [0.05, 0.1) is 11.6 Å². The van der Waals surface area contributed by atoms with E-state index in [1.165, 1.54) is 13.0 Å². The van der Waals surface area contributed by atoms with Crippen LogP contribution in [0.2, 0.25) is 0 Å². The average Bonchev–Trinajstić information content (AvgIpc) is 2.98. The number of urea groups is 1. The van der Waals surface area contributed by atoms with Crippen molar-refractivity contribution in [2.24, 2.45) is 0 Å². The fourth-order valence-corrected chi connectivity index (χ4v) is 4.16. The van der Waals surface area contributed by atoms with Crippen molar-refractivity contribution in [3.63, 3.8) is 0 Å². The third kappa shape index (κ3) is 3.03. The van der Waals surface area contributed by atoms with E-state index in [9.17, 15) is 14.4 Å². The first kappa shape index (κ1) is 18.7. The Labute approximate surface area is 168 Å². The lowest BCUT2D eigenvalue weighted by atomic mass is 9.76. The van der Waals surface area contributed by atoms with Crippen LogP contribution in [0.4, 0.5) is 10.5 Å². The summed E-state index contributed by atoms with van der Waals surface area (Å²) in [6.07, 6.45) is 2.13. The number of aryl methyl sites for hydroxylation is 1. The Bertz CT molecular complexity index is 1060. The maximum Gasteiger partial charge on any atom is 0.326 e. The number of nitrogens with zero attached hydrogens (tertiary/aromatic N) is 2. The van der Waals surface area contributed by atoms with Crippen LogP contribution >= 0.6 is 0 Å². The van der Waals surface area contributed by atoms with Gasteiger partial charge in [0, 0.05) is 5.69 Å². The van der Waals surface area contributed by atoms with Crippen LogP contribution in [0.15, 0.2) is 48.5 Å². The van der Waals surface area contributed by atoms with Crippen molar-refractivity contribution in [2.45, 2.75) is 37.8 Å². The molecule has 0 radical (unpaired) electrons. The van der Waals surface area contributed by atoms with Crippen LogP contribution in [0.1, 0.15) is 36.5 Å². The Morgan fingerprint density at radius 1 is 1.24 bits per heavy atom. The highest BCUT2D eigenvalue weighted by molar-refractivity contribution is 6.11. The van der Waals surface area contributed by atoms with Gasteiger partial charge in [-0.1, -0.05) is 30.3 Å². The molecular formula is C22H20N4O3. The average molecular weight is 388 g/mol. The fraction of sp³-hybridized carbons (Fsp3) is 0.273. The first-order valence-electron chi connectivity index (χ1n) is 9.51. The number of nitriles is 1. The molecule has 2 N–H and O–H groups in total. The van der Waals surface area contributed by atoms with Crippen molar-refractivity contribution >= 4 is 23.5 Å². The Balaban J connectivity index is 1.59. The number of nitrogens with one attached hydrogen (secondary N) is 2. The largest absolute Gasteiger partial charge is 0.326 e. The van der Waals surface area contributed by atoms with E-state index in [4.69, 9.17) is 5.26 Å². The smallest absolute Gasteiger partial charge is 0.324 e. The maximum absolute atomic E-state index is 13.4. The summed E-state index contributed by atoms with van der Waals surface area (Å²) >= 11 is 0. The van der Waals surface area contributed by atoms with Crippen LogP contribution in [-0.4, -0.2) is 28.8 Å². The predicted molar refractivity (Wildman–Crippen MR) is 106 cm³/mol. The van der Waals surface area contributed by atoms with Crippen LogP contribution in [0.5, 0.6) is 0 Å². The van der Waals surface area contributed by atoms with Gasteiger partial charge in [0.2, 0.25) is 5.91 Å². The molecule has 1 spiro atoms. The van der Waals surface area contributed by atoms with Crippen LogP contribution in [0.3, 0.4) is 0 Å². The van der Waals surface area contributed by atoms with E-state index in [2.05, 4.69) is 10.6 Å². The van der Waals surface area contributed by atoms with Gasteiger partial charge in [-0.25, -0.2) is 9.69 Å². The SMILES string of the molecule is C[C@H](C(=O)Nc1cccc(C#N)c1)N1C(=O)N[C@]2(CCCc3ccccc32)C1=O. The number of anilines is 1. The third-order valence-corrected chi connectivity index (χ3v) is 5.62. The minimum Gasteiger partial charge on any atom is -0.324 e. The highest BCUT2D eigenvalue weighted by atomic mass is 16.2. The molecule has 1 aliphatic heterocycles. The second kappa shape index (κ2) is 7.06. The monoisotopic (exact) mass is 388 g/mol. The molecule has 0 unspecified atom stereocenters. The van der Waals surface area contributed by atoms with Crippen molar-refractivity contribution < 1.29 is 14.4 Å². The van der Waals surface area contributed by atoms with Crippen molar-refractivity contribution in [1.29, 1.82) is 5.26 Å². The number of hydrogen-bond donors (Lipinski definition) is 2. The zero-order valence-corrected chi connectivity index (χ0v) is 15.9. The molecule has 4 rings (SSSR count). The van der Waals surface area contributed by atoms with E-state index in [0.717, 1.165) is 28.9 Å². The summed E-state index contributed by atoms with van der Waals surface area (Å²) in [6.45, 7) is 1.52. The van der Waals surface area contributed by atoms with Crippen molar-refractivity contribution in [3.05, 3.63) is 65.2 Å². The summed E-state index contributed by atoms with van der Waals surface area (Å²) in [7, 11) is 0. The second-order valence-corrected chi connectivity index (χ2v) is 7.38. The fourth-order valence-electron chi connectivity index (χ4n) is 4.16. The molecule has 1 saturated heterocycles. The maximum atomic E-state index is 13.4. The van der Waals surface area contributed by atoms with Crippen molar-refractivity contribution in [3.8, 4) is 6.07 Å². The summed E-state index contributed by atoms with van der Waals surface area (Å²) in [6, 6.07) is 14.5. The molecule has 1 aliphatic carbocycles. The molecule has 146 valence electrons. The summed E-state index contributed by atoms with van der Waals surface area (Å²) in [5.41, 5.74) is 1.58. The molecule has 2 aromatic carbocycles. The Morgan fingerprint density at radius 2 is 2.03 bits per heavy atom. The topological polar surface area (TPSA) is 102 Å². The summed E-state index contributed by atoms with van der Waals surface area (Å²) < 4.78 is 0. The van der Waals surface area contributed by atoms with Gasteiger partial charge < -0.3 is 10.6 Å². The van der Waals surface area contributed by atoms with Crippen molar-refractivity contribution in [1.82, 2.24) is 10.2 Å². The van der Waals surface area contributed by atoms with Crippen molar-refractivity contribution in [2.75, 3.05) is 5.32 Å². The molecule has 7 nitrogen and oxygen atoms in total. The highest BCUT2D eigenvalue weighted by Crippen LogP contribution is 2.40. The molecule has 2 aliphatic rings. The zero-order chi connectivity index (χ0) is 20.6. The third-order valence-electron chi connectivity index (χ3n) is 5.62. The number of carbonyl (C=O) groups excluding carboxylic acids is 3. The first-order valence-corrected chi connectivity index (χ1v) is 9.51. The van der Waals surface area contributed by atoms with Crippen LogP contribution < -0.4 is 10.6 Å². The number of amides is 4. The van der Waals surface area contributed by atoms with Gasteiger partial charge in [-0.15, -0.1) is 0 Å².